The lowest BCUT2D eigenvalue weighted by atomic mass is 10.3. The molecule has 0 aliphatic heterocycles. The first-order valence-corrected chi connectivity index (χ1v) is 8.87. The first-order chi connectivity index (χ1) is 11.4. The fourth-order valence-corrected chi connectivity index (χ4v) is 2.44. The molecular weight excluding hydrogens is 330 g/mol. The maximum absolute atomic E-state index is 12.1. The van der Waals surface area contributed by atoms with Crippen molar-refractivity contribution < 1.29 is 17.9 Å². The van der Waals surface area contributed by atoms with Gasteiger partial charge >= 0.3 is 6.03 Å². The number of sulfonamides is 1. The first-order valence-electron chi connectivity index (χ1n) is 7.33. The molecule has 0 spiro atoms. The number of primary sulfonamides is 1. The maximum atomic E-state index is 12.1. The van der Waals surface area contributed by atoms with Crippen LogP contribution in [-0.2, 0) is 10.0 Å². The van der Waals surface area contributed by atoms with Gasteiger partial charge < -0.3 is 15.4 Å². The standard InChI is InChI=1S/C16H19N3O4S/c1-2-11-23-15-6-4-3-5-14(15)19-16(20)18-12-7-9-13(10-8-12)24(17,21)22/h3-10H,2,11H2,1H3,(H2,17,21,22)(H2,18,19,20). The van der Waals surface area contributed by atoms with E-state index < -0.39 is 16.1 Å². The number of carbonyl (C=O) groups excluding carboxylic acids is 1. The zero-order valence-electron chi connectivity index (χ0n) is 13.2. The molecule has 0 heterocycles. The van der Waals surface area contributed by atoms with Crippen LogP contribution in [-0.4, -0.2) is 21.1 Å². The van der Waals surface area contributed by atoms with Gasteiger partial charge in [0.15, 0.2) is 0 Å². The minimum atomic E-state index is -3.76. The molecular formula is C16H19N3O4S. The van der Waals surface area contributed by atoms with E-state index in [0.29, 0.717) is 23.7 Å². The Hall–Kier alpha value is -2.58. The molecule has 0 atom stereocenters. The Labute approximate surface area is 140 Å². The number of amides is 2. The summed E-state index contributed by atoms with van der Waals surface area (Å²) in [6, 6.07) is 12.2. The van der Waals surface area contributed by atoms with Gasteiger partial charge in [0.2, 0.25) is 10.0 Å². The summed E-state index contributed by atoms with van der Waals surface area (Å²) < 4.78 is 28.0. The van der Waals surface area contributed by atoms with Crippen LogP contribution in [0.4, 0.5) is 16.2 Å². The predicted molar refractivity (Wildman–Crippen MR) is 92.7 cm³/mol. The zero-order chi connectivity index (χ0) is 17.6. The predicted octanol–water partition coefficient (Wildman–Crippen LogP) is 2.77. The normalized spacial score (nSPS) is 10.9. The summed E-state index contributed by atoms with van der Waals surface area (Å²) in [5.41, 5.74) is 0.983. The largest absolute Gasteiger partial charge is 0.491 e. The minimum absolute atomic E-state index is 0.0215. The number of hydrogen-bond acceptors (Lipinski definition) is 4. The highest BCUT2D eigenvalue weighted by molar-refractivity contribution is 7.89. The van der Waals surface area contributed by atoms with Crippen molar-refractivity contribution in [3.8, 4) is 5.75 Å². The van der Waals surface area contributed by atoms with Crippen LogP contribution in [0.25, 0.3) is 0 Å². The second kappa shape index (κ2) is 7.80. The Morgan fingerprint density at radius 1 is 1.08 bits per heavy atom. The van der Waals surface area contributed by atoms with Gasteiger partial charge in [-0.25, -0.2) is 18.4 Å². The number of para-hydroxylation sites is 2. The number of rotatable bonds is 6. The lowest BCUT2D eigenvalue weighted by Gasteiger charge is -2.12. The summed E-state index contributed by atoms with van der Waals surface area (Å²) in [6.45, 7) is 2.54. The smallest absolute Gasteiger partial charge is 0.323 e. The van der Waals surface area contributed by atoms with E-state index in [1.165, 1.54) is 24.3 Å². The highest BCUT2D eigenvalue weighted by Gasteiger charge is 2.10. The van der Waals surface area contributed by atoms with Crippen molar-refractivity contribution in [2.75, 3.05) is 17.2 Å². The zero-order valence-corrected chi connectivity index (χ0v) is 14.0. The van der Waals surface area contributed by atoms with Crippen LogP contribution in [0.5, 0.6) is 5.75 Å². The summed E-state index contributed by atoms with van der Waals surface area (Å²) in [6.07, 6.45) is 0.858. The second-order valence-corrected chi connectivity index (χ2v) is 6.55. The van der Waals surface area contributed by atoms with Crippen LogP contribution in [0.3, 0.4) is 0 Å². The molecule has 0 radical (unpaired) electrons. The van der Waals surface area contributed by atoms with E-state index in [1.807, 2.05) is 13.0 Å². The van der Waals surface area contributed by atoms with Gasteiger partial charge in [-0.15, -0.1) is 0 Å². The molecule has 2 aromatic rings. The Balaban J connectivity index is 2.03. The van der Waals surface area contributed by atoms with Gasteiger partial charge in [-0.05, 0) is 42.8 Å². The quantitative estimate of drug-likeness (QED) is 0.744. The molecule has 2 rings (SSSR count). The van der Waals surface area contributed by atoms with Crippen molar-refractivity contribution >= 4 is 27.4 Å². The minimum Gasteiger partial charge on any atom is -0.491 e. The van der Waals surface area contributed by atoms with Gasteiger partial charge in [0.1, 0.15) is 5.75 Å². The Bertz CT molecular complexity index is 804. The molecule has 0 aromatic heterocycles. The molecule has 2 amide bonds. The topological polar surface area (TPSA) is 111 Å². The third-order valence-electron chi connectivity index (χ3n) is 3.04. The SMILES string of the molecule is CCCOc1ccccc1NC(=O)Nc1ccc(S(N)(=O)=O)cc1. The summed E-state index contributed by atoms with van der Waals surface area (Å²) in [4.78, 5) is 12.0. The highest BCUT2D eigenvalue weighted by Crippen LogP contribution is 2.24. The molecule has 0 fully saturated rings. The summed E-state index contributed by atoms with van der Waals surface area (Å²) >= 11 is 0. The van der Waals surface area contributed by atoms with Crippen LogP contribution in [0.1, 0.15) is 13.3 Å². The highest BCUT2D eigenvalue weighted by atomic mass is 32.2. The van der Waals surface area contributed by atoms with Crippen molar-refractivity contribution in [3.05, 3.63) is 48.5 Å². The van der Waals surface area contributed by atoms with Crippen molar-refractivity contribution in [1.29, 1.82) is 0 Å². The van der Waals surface area contributed by atoms with Crippen molar-refractivity contribution in [1.82, 2.24) is 0 Å². The van der Waals surface area contributed by atoms with Gasteiger partial charge in [-0.2, -0.15) is 0 Å². The molecule has 24 heavy (non-hydrogen) atoms. The van der Waals surface area contributed by atoms with E-state index in [9.17, 15) is 13.2 Å². The van der Waals surface area contributed by atoms with Gasteiger partial charge in [0.25, 0.3) is 0 Å². The van der Waals surface area contributed by atoms with Gasteiger partial charge in [0, 0.05) is 5.69 Å². The molecule has 8 heteroatoms. The molecule has 128 valence electrons. The molecule has 2 aromatic carbocycles. The van der Waals surface area contributed by atoms with E-state index in [-0.39, 0.29) is 4.90 Å². The van der Waals surface area contributed by atoms with Crippen LogP contribution < -0.4 is 20.5 Å². The third kappa shape index (κ3) is 4.97. The monoisotopic (exact) mass is 349 g/mol. The summed E-state index contributed by atoms with van der Waals surface area (Å²) in [5, 5.41) is 10.3. The molecule has 0 bridgehead atoms. The number of nitrogens with one attached hydrogen (secondary N) is 2. The van der Waals surface area contributed by atoms with Crippen LogP contribution in [0, 0.1) is 0 Å². The molecule has 7 nitrogen and oxygen atoms in total. The molecule has 0 aliphatic carbocycles. The van der Waals surface area contributed by atoms with Gasteiger partial charge in [0.05, 0.1) is 17.2 Å². The number of carbonyl (C=O) groups is 1. The number of ether oxygens (including phenoxy) is 1. The fourth-order valence-electron chi connectivity index (χ4n) is 1.92. The van der Waals surface area contributed by atoms with E-state index in [0.717, 1.165) is 6.42 Å². The number of benzene rings is 2. The van der Waals surface area contributed by atoms with Crippen molar-refractivity contribution in [2.24, 2.45) is 5.14 Å². The molecule has 4 N–H and O–H groups in total. The first kappa shape index (κ1) is 17.8. The molecule has 0 aliphatic rings. The van der Waals surface area contributed by atoms with Crippen LogP contribution in [0.2, 0.25) is 0 Å². The average Bonchev–Trinajstić information content (AvgIpc) is 2.53. The van der Waals surface area contributed by atoms with E-state index in [4.69, 9.17) is 9.88 Å². The Kier molecular flexibility index (Phi) is 5.78. The average molecular weight is 349 g/mol. The van der Waals surface area contributed by atoms with E-state index in [2.05, 4.69) is 10.6 Å². The Morgan fingerprint density at radius 2 is 1.75 bits per heavy atom. The number of nitrogens with two attached hydrogens (primary N) is 1. The van der Waals surface area contributed by atoms with Crippen molar-refractivity contribution in [3.63, 3.8) is 0 Å². The molecule has 0 unspecified atom stereocenters. The lowest BCUT2D eigenvalue weighted by molar-refractivity contribution is 0.262. The number of anilines is 2. The van der Waals surface area contributed by atoms with Crippen LogP contribution in [0.15, 0.2) is 53.4 Å². The third-order valence-corrected chi connectivity index (χ3v) is 3.97. The van der Waals surface area contributed by atoms with Crippen LogP contribution >= 0.6 is 0 Å². The molecule has 0 saturated heterocycles. The van der Waals surface area contributed by atoms with E-state index in [1.54, 1.807) is 18.2 Å². The summed E-state index contributed by atoms with van der Waals surface area (Å²) in [7, 11) is -3.76. The second-order valence-electron chi connectivity index (χ2n) is 4.99. The maximum Gasteiger partial charge on any atom is 0.323 e. The van der Waals surface area contributed by atoms with Crippen molar-refractivity contribution in [2.45, 2.75) is 18.2 Å². The molecule has 0 saturated carbocycles. The van der Waals surface area contributed by atoms with Gasteiger partial charge in [-0.3, -0.25) is 0 Å². The van der Waals surface area contributed by atoms with Gasteiger partial charge in [-0.1, -0.05) is 19.1 Å². The van der Waals surface area contributed by atoms with E-state index >= 15 is 0 Å². The Morgan fingerprint density at radius 3 is 2.38 bits per heavy atom. The summed E-state index contributed by atoms with van der Waals surface area (Å²) in [5.74, 6) is 0.582. The fraction of sp³-hybridized carbons (Fsp3) is 0.188. The number of hydrogen-bond donors (Lipinski definition) is 3. The number of urea groups is 1. The lowest BCUT2D eigenvalue weighted by Crippen LogP contribution is -2.20.